The van der Waals surface area contributed by atoms with Gasteiger partial charge in [-0.1, -0.05) is 13.3 Å². The molecule has 0 atom stereocenters. The van der Waals surface area contributed by atoms with Crippen LogP contribution >= 0.6 is 22.6 Å². The fourth-order valence-electron chi connectivity index (χ4n) is 1.53. The summed E-state index contributed by atoms with van der Waals surface area (Å²) in [6.07, 6.45) is 3.06. The van der Waals surface area contributed by atoms with Crippen LogP contribution in [0.2, 0.25) is 0 Å². The Hall–Kier alpha value is -1.38. The number of rotatable bonds is 4. The maximum absolute atomic E-state index is 11.8. The van der Waals surface area contributed by atoms with Crippen LogP contribution < -0.4 is 16.0 Å². The lowest BCUT2D eigenvalue weighted by Crippen LogP contribution is -2.30. The van der Waals surface area contributed by atoms with E-state index in [1.54, 1.807) is 0 Å². The van der Waals surface area contributed by atoms with Crippen LogP contribution in [-0.2, 0) is 0 Å². The van der Waals surface area contributed by atoms with Gasteiger partial charge in [0.05, 0.1) is 11.7 Å². The van der Waals surface area contributed by atoms with Crippen LogP contribution in [0, 0.1) is 3.57 Å². The third-order valence-corrected chi connectivity index (χ3v) is 3.28. The second kappa shape index (κ2) is 5.51. The van der Waals surface area contributed by atoms with Gasteiger partial charge < -0.3 is 9.82 Å². The van der Waals surface area contributed by atoms with Gasteiger partial charge in [0.25, 0.3) is 11.1 Å². The lowest BCUT2D eigenvalue weighted by atomic mass is 10.3. The van der Waals surface area contributed by atoms with Crippen LogP contribution in [0.3, 0.4) is 0 Å². The molecular formula is C11H12IN3O3. The number of fused-ring (bicyclic) bond motifs is 1. The summed E-state index contributed by atoms with van der Waals surface area (Å²) in [5.74, 6) is 0. The molecule has 0 aliphatic carbocycles. The van der Waals surface area contributed by atoms with Crippen molar-refractivity contribution in [3.63, 3.8) is 0 Å². The zero-order valence-corrected chi connectivity index (χ0v) is 11.9. The molecule has 1 N–H and O–H groups in total. The molecule has 2 heterocycles. The molecule has 0 radical (unpaired) electrons. The number of halogens is 1. The van der Waals surface area contributed by atoms with Crippen molar-refractivity contribution < 1.29 is 4.84 Å². The van der Waals surface area contributed by atoms with E-state index in [0.29, 0.717) is 15.6 Å². The molecule has 0 bridgehead atoms. The molecule has 0 aliphatic rings. The molecule has 6 nitrogen and oxygen atoms in total. The van der Waals surface area contributed by atoms with E-state index < -0.39 is 0 Å². The third kappa shape index (κ3) is 2.40. The Kier molecular flexibility index (Phi) is 4.00. The predicted octanol–water partition coefficient (Wildman–Crippen LogP) is 0.918. The summed E-state index contributed by atoms with van der Waals surface area (Å²) in [6.45, 7) is 2.45. The van der Waals surface area contributed by atoms with Crippen LogP contribution in [0.1, 0.15) is 19.8 Å². The van der Waals surface area contributed by atoms with Crippen molar-refractivity contribution in [2.24, 2.45) is 0 Å². The van der Waals surface area contributed by atoms with E-state index in [-0.39, 0.29) is 16.8 Å². The van der Waals surface area contributed by atoms with Crippen LogP contribution in [-0.4, -0.2) is 21.3 Å². The lowest BCUT2D eigenvalue weighted by molar-refractivity contribution is 0.108. The summed E-state index contributed by atoms with van der Waals surface area (Å²) in [4.78, 5) is 35.5. The number of aromatic nitrogens is 3. The van der Waals surface area contributed by atoms with Crippen LogP contribution in [0.15, 0.2) is 22.0 Å². The summed E-state index contributed by atoms with van der Waals surface area (Å²) in [5, 5.41) is 0.370. The molecule has 0 fully saturated rings. The molecule has 2 aromatic heterocycles. The van der Waals surface area contributed by atoms with E-state index in [0.717, 1.165) is 17.6 Å². The first-order valence-electron chi connectivity index (χ1n) is 5.57. The van der Waals surface area contributed by atoms with Crippen molar-refractivity contribution in [2.45, 2.75) is 19.8 Å². The van der Waals surface area contributed by atoms with E-state index in [1.807, 2.05) is 29.5 Å². The Balaban J connectivity index is 2.62. The summed E-state index contributed by atoms with van der Waals surface area (Å²) in [5.41, 5.74) is -0.343. The quantitative estimate of drug-likeness (QED) is 0.649. The van der Waals surface area contributed by atoms with Gasteiger partial charge in [-0.05, 0) is 29.0 Å². The van der Waals surface area contributed by atoms with E-state index in [2.05, 4.69) is 9.97 Å². The second-order valence-corrected chi connectivity index (χ2v) is 4.90. The number of nitrogens with one attached hydrogen (secondary N) is 1. The summed E-state index contributed by atoms with van der Waals surface area (Å²) in [6, 6.07) is 1.37. The molecule has 0 unspecified atom stereocenters. The minimum Gasteiger partial charge on any atom is -0.409 e. The third-order valence-electron chi connectivity index (χ3n) is 2.43. The van der Waals surface area contributed by atoms with Crippen molar-refractivity contribution in [2.75, 3.05) is 6.61 Å². The summed E-state index contributed by atoms with van der Waals surface area (Å²) < 4.78 is 1.65. The summed E-state index contributed by atoms with van der Waals surface area (Å²) >= 11 is 1.94. The predicted molar refractivity (Wildman–Crippen MR) is 75.7 cm³/mol. The molecule has 2 aromatic rings. The maximum atomic E-state index is 11.8. The number of H-pyrrole nitrogens is 1. The number of pyridine rings is 1. The van der Waals surface area contributed by atoms with Crippen LogP contribution in [0.5, 0.6) is 0 Å². The number of nitrogens with zero attached hydrogens (tertiary/aromatic N) is 2. The molecule has 7 heteroatoms. The smallest absolute Gasteiger partial charge is 0.286 e. The largest absolute Gasteiger partial charge is 0.409 e. The normalized spacial score (nSPS) is 10.8. The fraction of sp³-hybridized carbons (Fsp3) is 0.364. The van der Waals surface area contributed by atoms with E-state index in [4.69, 9.17) is 4.84 Å². The van der Waals surface area contributed by atoms with Crippen molar-refractivity contribution in [3.8, 4) is 0 Å². The Labute approximate surface area is 116 Å². The maximum Gasteiger partial charge on any atom is 0.286 e. The Morgan fingerprint density at radius 2 is 2.28 bits per heavy atom. The van der Waals surface area contributed by atoms with Gasteiger partial charge in [-0.15, -0.1) is 4.73 Å². The topological polar surface area (TPSA) is 77.0 Å². The average Bonchev–Trinajstić information content (AvgIpc) is 2.33. The van der Waals surface area contributed by atoms with Gasteiger partial charge >= 0.3 is 0 Å². The zero-order valence-electron chi connectivity index (χ0n) is 9.77. The standard InChI is InChI=1S/C11H12IN3O3/c1-2-3-4-18-15-8(16)5-7(12)9-10(15)13-6-14-11(9)17/h5-6H,2-4H2,1H3,(H,13,14,17). The van der Waals surface area contributed by atoms with Gasteiger partial charge in [-0.3, -0.25) is 9.59 Å². The van der Waals surface area contributed by atoms with Crippen molar-refractivity contribution >= 4 is 33.6 Å². The molecule has 2 rings (SSSR count). The lowest BCUT2D eigenvalue weighted by Gasteiger charge is -2.10. The zero-order chi connectivity index (χ0) is 13.1. The van der Waals surface area contributed by atoms with E-state index in [9.17, 15) is 9.59 Å². The van der Waals surface area contributed by atoms with Crippen molar-refractivity contribution in [1.29, 1.82) is 0 Å². The fourth-order valence-corrected chi connectivity index (χ4v) is 2.28. The number of unbranched alkanes of at least 4 members (excludes halogenated alkanes) is 1. The molecule has 96 valence electrons. The van der Waals surface area contributed by atoms with Gasteiger partial charge in [-0.2, -0.15) is 0 Å². The summed E-state index contributed by atoms with van der Waals surface area (Å²) in [7, 11) is 0. The SMILES string of the molecule is CCCCOn1c(=O)cc(I)c2c(=O)[nH]cnc21. The van der Waals surface area contributed by atoms with E-state index >= 15 is 0 Å². The highest BCUT2D eigenvalue weighted by Gasteiger charge is 2.12. The van der Waals surface area contributed by atoms with Crippen LogP contribution in [0.4, 0.5) is 0 Å². The number of hydrogen-bond acceptors (Lipinski definition) is 4. The number of hydrogen-bond donors (Lipinski definition) is 1. The van der Waals surface area contributed by atoms with Gasteiger partial charge in [0.1, 0.15) is 6.61 Å². The average molecular weight is 361 g/mol. The minimum absolute atomic E-state index is 0.256. The molecule has 0 saturated carbocycles. The highest BCUT2D eigenvalue weighted by molar-refractivity contribution is 14.1. The monoisotopic (exact) mass is 361 g/mol. The number of aromatic amines is 1. The van der Waals surface area contributed by atoms with Crippen LogP contribution in [0.25, 0.3) is 11.0 Å². The molecule has 0 aromatic carbocycles. The van der Waals surface area contributed by atoms with Crippen molar-refractivity contribution in [3.05, 3.63) is 36.7 Å². The van der Waals surface area contributed by atoms with Gasteiger partial charge in [0.2, 0.25) is 0 Å². The molecule has 0 amide bonds. The second-order valence-electron chi connectivity index (χ2n) is 3.74. The van der Waals surface area contributed by atoms with Gasteiger partial charge in [0, 0.05) is 9.64 Å². The molecule has 0 saturated heterocycles. The highest BCUT2D eigenvalue weighted by atomic mass is 127. The molecular weight excluding hydrogens is 349 g/mol. The first-order valence-corrected chi connectivity index (χ1v) is 6.65. The minimum atomic E-state index is -0.318. The Morgan fingerprint density at radius 1 is 1.50 bits per heavy atom. The Bertz CT molecular complexity index is 677. The van der Waals surface area contributed by atoms with Gasteiger partial charge in [0.15, 0.2) is 5.65 Å². The molecule has 0 aliphatic heterocycles. The van der Waals surface area contributed by atoms with E-state index in [1.165, 1.54) is 12.4 Å². The first kappa shape index (κ1) is 13.1. The molecule has 0 spiro atoms. The highest BCUT2D eigenvalue weighted by Crippen LogP contribution is 2.11. The van der Waals surface area contributed by atoms with Gasteiger partial charge in [-0.25, -0.2) is 4.98 Å². The first-order chi connectivity index (χ1) is 8.65. The molecule has 18 heavy (non-hydrogen) atoms. The van der Waals surface area contributed by atoms with Crippen molar-refractivity contribution in [1.82, 2.24) is 14.7 Å². The Morgan fingerprint density at radius 3 is 3.00 bits per heavy atom.